The molecule has 4 heteroatoms. The highest BCUT2D eigenvalue weighted by molar-refractivity contribution is 5.80. The summed E-state index contributed by atoms with van der Waals surface area (Å²) in [5.74, 6) is 0.815. The molecular formula is C20H40N2O2. The van der Waals surface area contributed by atoms with Gasteiger partial charge in [-0.25, -0.2) is 0 Å². The molecule has 0 rings (SSSR count). The van der Waals surface area contributed by atoms with Gasteiger partial charge in [-0.1, -0.05) is 39.5 Å². The van der Waals surface area contributed by atoms with Crippen molar-refractivity contribution in [1.29, 1.82) is 0 Å². The van der Waals surface area contributed by atoms with Crippen LogP contribution < -0.4 is 0 Å². The summed E-state index contributed by atoms with van der Waals surface area (Å²) < 4.78 is 0. The molecule has 0 aromatic heterocycles. The molecule has 0 saturated heterocycles. The highest BCUT2D eigenvalue weighted by atomic mass is 16.2. The Kier molecular flexibility index (Phi) is 12.9. The molecule has 0 radical (unpaired) electrons. The normalized spacial score (nSPS) is 11.5. The molecule has 4 nitrogen and oxygen atoms in total. The fourth-order valence-corrected chi connectivity index (χ4v) is 2.45. The molecule has 0 aromatic carbocycles. The first kappa shape index (κ1) is 23.1. The summed E-state index contributed by atoms with van der Waals surface area (Å²) in [5, 5.41) is 0. The Morgan fingerprint density at radius 1 is 0.750 bits per heavy atom. The molecule has 0 spiro atoms. The molecule has 0 saturated carbocycles. The Hall–Kier alpha value is -0.900. The molecule has 0 bridgehead atoms. The van der Waals surface area contributed by atoms with Gasteiger partial charge in [-0.15, -0.1) is 0 Å². The van der Waals surface area contributed by atoms with Crippen LogP contribution in [0.5, 0.6) is 0 Å². The highest BCUT2D eigenvalue weighted by Gasteiger charge is 2.10. The maximum Gasteiger partial charge on any atom is 0.222 e. The third-order valence-corrected chi connectivity index (χ3v) is 4.80. The van der Waals surface area contributed by atoms with E-state index in [-0.39, 0.29) is 11.8 Å². The topological polar surface area (TPSA) is 40.6 Å². The molecule has 24 heavy (non-hydrogen) atoms. The van der Waals surface area contributed by atoms with E-state index in [0.29, 0.717) is 18.2 Å². The fourth-order valence-electron chi connectivity index (χ4n) is 2.45. The Labute approximate surface area is 150 Å². The minimum Gasteiger partial charge on any atom is -0.344 e. The number of likely N-dealkylation sites (N-methyl/N-ethyl adjacent to an activating group) is 2. The van der Waals surface area contributed by atoms with E-state index in [1.807, 2.05) is 25.8 Å². The summed E-state index contributed by atoms with van der Waals surface area (Å²) in [4.78, 5) is 27.7. The monoisotopic (exact) mass is 340 g/mol. The molecule has 0 aliphatic rings. The molecule has 1 amide bonds. The van der Waals surface area contributed by atoms with Crippen molar-refractivity contribution in [2.75, 3.05) is 27.2 Å². The number of Topliss-reactive ketones (excluding diaryl/α,β-unsaturated/α-hetero) is 1. The van der Waals surface area contributed by atoms with E-state index in [2.05, 4.69) is 25.8 Å². The molecule has 0 N–H and O–H groups in total. The Morgan fingerprint density at radius 3 is 1.75 bits per heavy atom. The van der Waals surface area contributed by atoms with Crippen molar-refractivity contribution in [1.82, 2.24) is 9.80 Å². The van der Waals surface area contributed by atoms with Crippen LogP contribution in [0, 0.1) is 5.92 Å². The van der Waals surface area contributed by atoms with Crippen molar-refractivity contribution in [2.24, 2.45) is 5.92 Å². The van der Waals surface area contributed by atoms with Crippen molar-refractivity contribution in [3.05, 3.63) is 0 Å². The lowest BCUT2D eigenvalue weighted by Gasteiger charge is -2.24. The highest BCUT2D eigenvalue weighted by Crippen LogP contribution is 2.11. The quantitative estimate of drug-likeness (QED) is 0.446. The van der Waals surface area contributed by atoms with Gasteiger partial charge in [0.2, 0.25) is 5.91 Å². The van der Waals surface area contributed by atoms with Crippen LogP contribution in [0.1, 0.15) is 79.1 Å². The second kappa shape index (κ2) is 13.4. The lowest BCUT2D eigenvalue weighted by Crippen LogP contribution is -2.37. The molecule has 0 heterocycles. The van der Waals surface area contributed by atoms with Crippen LogP contribution in [0.2, 0.25) is 0 Å². The second-order valence-corrected chi connectivity index (χ2v) is 7.63. The minimum atomic E-state index is 0.174. The third kappa shape index (κ3) is 11.6. The van der Waals surface area contributed by atoms with Crippen molar-refractivity contribution >= 4 is 11.7 Å². The van der Waals surface area contributed by atoms with Gasteiger partial charge in [0.15, 0.2) is 0 Å². The smallest absolute Gasteiger partial charge is 0.222 e. The molecule has 0 aliphatic carbocycles. The first-order chi connectivity index (χ1) is 11.3. The maximum atomic E-state index is 12.1. The lowest BCUT2D eigenvalue weighted by molar-refractivity contribution is -0.130. The van der Waals surface area contributed by atoms with E-state index in [0.717, 1.165) is 45.2 Å². The SMILES string of the molecule is CC(C)C(=O)CCCCCCCCC(=O)N(C)CCN(C)C(C)C. The van der Waals surface area contributed by atoms with Crippen molar-refractivity contribution in [3.63, 3.8) is 0 Å². The number of unbranched alkanes of at least 4 members (excludes halogenated alkanes) is 5. The molecular weight excluding hydrogens is 300 g/mol. The van der Waals surface area contributed by atoms with Gasteiger partial charge in [0.25, 0.3) is 0 Å². The van der Waals surface area contributed by atoms with Gasteiger partial charge in [0.05, 0.1) is 0 Å². The number of carbonyl (C=O) groups is 2. The molecule has 0 aromatic rings. The predicted octanol–water partition coefficient (Wildman–Crippen LogP) is 4.13. The van der Waals surface area contributed by atoms with E-state index in [1.165, 1.54) is 12.8 Å². The van der Waals surface area contributed by atoms with Crippen molar-refractivity contribution < 1.29 is 9.59 Å². The van der Waals surface area contributed by atoms with Crippen LogP contribution in [0.3, 0.4) is 0 Å². The largest absolute Gasteiger partial charge is 0.344 e. The van der Waals surface area contributed by atoms with E-state index >= 15 is 0 Å². The molecule has 0 unspecified atom stereocenters. The number of amides is 1. The van der Waals surface area contributed by atoms with Crippen LogP contribution in [0.15, 0.2) is 0 Å². The van der Waals surface area contributed by atoms with Gasteiger partial charge in [0, 0.05) is 44.9 Å². The number of nitrogens with zero attached hydrogens (tertiary/aromatic N) is 2. The van der Waals surface area contributed by atoms with Crippen LogP contribution in [0.25, 0.3) is 0 Å². The zero-order valence-corrected chi connectivity index (χ0v) is 16.9. The summed E-state index contributed by atoms with van der Waals surface area (Å²) in [6.45, 7) is 10.0. The van der Waals surface area contributed by atoms with Crippen LogP contribution in [-0.4, -0.2) is 54.7 Å². The third-order valence-electron chi connectivity index (χ3n) is 4.80. The second-order valence-electron chi connectivity index (χ2n) is 7.63. The fraction of sp³-hybridized carbons (Fsp3) is 0.900. The van der Waals surface area contributed by atoms with Crippen LogP contribution in [0.4, 0.5) is 0 Å². The van der Waals surface area contributed by atoms with E-state index < -0.39 is 0 Å². The number of rotatable bonds is 14. The zero-order chi connectivity index (χ0) is 18.5. The Bertz CT molecular complexity index is 354. The van der Waals surface area contributed by atoms with E-state index in [1.54, 1.807) is 0 Å². The number of hydrogen-bond donors (Lipinski definition) is 0. The predicted molar refractivity (Wildman–Crippen MR) is 102 cm³/mol. The molecule has 0 atom stereocenters. The average Bonchev–Trinajstić information content (AvgIpc) is 2.53. The summed E-state index contributed by atoms with van der Waals surface area (Å²) in [6, 6.07) is 0.518. The Morgan fingerprint density at radius 2 is 1.25 bits per heavy atom. The molecule has 0 fully saturated rings. The van der Waals surface area contributed by atoms with Gasteiger partial charge in [-0.2, -0.15) is 0 Å². The first-order valence-corrected chi connectivity index (χ1v) is 9.72. The van der Waals surface area contributed by atoms with E-state index in [9.17, 15) is 9.59 Å². The first-order valence-electron chi connectivity index (χ1n) is 9.72. The number of ketones is 1. The zero-order valence-electron chi connectivity index (χ0n) is 16.9. The van der Waals surface area contributed by atoms with Gasteiger partial charge in [-0.05, 0) is 33.7 Å². The summed E-state index contributed by atoms with van der Waals surface area (Å²) in [5.41, 5.74) is 0. The van der Waals surface area contributed by atoms with Gasteiger partial charge < -0.3 is 9.80 Å². The number of carbonyl (C=O) groups excluding carboxylic acids is 2. The van der Waals surface area contributed by atoms with Gasteiger partial charge in [0.1, 0.15) is 5.78 Å². The van der Waals surface area contributed by atoms with Gasteiger partial charge in [-0.3, -0.25) is 9.59 Å². The van der Waals surface area contributed by atoms with E-state index in [4.69, 9.17) is 0 Å². The average molecular weight is 341 g/mol. The minimum absolute atomic E-state index is 0.174. The molecule has 0 aliphatic heterocycles. The summed E-state index contributed by atoms with van der Waals surface area (Å²) in [7, 11) is 4.00. The van der Waals surface area contributed by atoms with Crippen molar-refractivity contribution in [3.8, 4) is 0 Å². The van der Waals surface area contributed by atoms with Crippen LogP contribution >= 0.6 is 0 Å². The number of hydrogen-bond acceptors (Lipinski definition) is 3. The summed E-state index contributed by atoms with van der Waals surface area (Å²) >= 11 is 0. The standard InChI is InChI=1S/C20H40N2O2/c1-17(2)19(23)13-11-9-7-8-10-12-14-20(24)22(6)16-15-21(5)18(3)4/h17-18H,7-16H2,1-6H3. The van der Waals surface area contributed by atoms with Crippen LogP contribution in [-0.2, 0) is 9.59 Å². The molecule has 142 valence electrons. The lowest BCUT2D eigenvalue weighted by atomic mass is 10.0. The summed E-state index contributed by atoms with van der Waals surface area (Å²) in [6.07, 6.45) is 7.98. The van der Waals surface area contributed by atoms with Crippen molar-refractivity contribution in [2.45, 2.75) is 85.1 Å². The van der Waals surface area contributed by atoms with Gasteiger partial charge >= 0.3 is 0 Å². The Balaban J connectivity index is 3.56. The maximum absolute atomic E-state index is 12.1.